The molecule has 0 amide bonds. The maximum absolute atomic E-state index is 10.6. The number of hydrogen-bond donors (Lipinski definition) is 2. The molecule has 2 N–H and O–H groups in total. The Morgan fingerprint density at radius 2 is 2.05 bits per heavy atom. The first-order valence-corrected chi connectivity index (χ1v) is 5.83. The molecule has 98 valence electrons. The van der Waals surface area contributed by atoms with Gasteiger partial charge >= 0.3 is 0 Å². The Morgan fingerprint density at radius 1 is 1.26 bits per heavy atom. The van der Waals surface area contributed by atoms with Crippen LogP contribution in [0.3, 0.4) is 0 Å². The molecule has 0 aliphatic heterocycles. The highest BCUT2D eigenvalue weighted by Gasteiger charge is 2.07. The normalized spacial score (nSPS) is 10.2. The van der Waals surface area contributed by atoms with E-state index in [4.69, 9.17) is 0 Å². The lowest BCUT2D eigenvalue weighted by Gasteiger charge is -2.09. The van der Waals surface area contributed by atoms with Crippen LogP contribution < -0.4 is 5.32 Å². The number of hydrogen-bond acceptors (Lipinski definition) is 4. The predicted molar refractivity (Wildman–Crippen MR) is 73.3 cm³/mol. The third-order valence-corrected chi connectivity index (χ3v) is 2.81. The molecule has 0 aliphatic rings. The van der Waals surface area contributed by atoms with Crippen LogP contribution in [0.15, 0.2) is 42.5 Å². The van der Waals surface area contributed by atoms with Gasteiger partial charge in [0.05, 0.1) is 4.92 Å². The van der Waals surface area contributed by atoms with Gasteiger partial charge in [-0.15, -0.1) is 0 Å². The molecule has 2 aromatic rings. The molecular weight excluding hydrogens is 244 g/mol. The highest BCUT2D eigenvalue weighted by Crippen LogP contribution is 2.22. The molecule has 0 unspecified atom stereocenters. The lowest BCUT2D eigenvalue weighted by molar-refractivity contribution is -0.384. The number of aryl methyl sites for hydroxylation is 1. The van der Waals surface area contributed by atoms with Crippen LogP contribution in [0.2, 0.25) is 0 Å². The van der Waals surface area contributed by atoms with Crippen molar-refractivity contribution >= 4 is 11.4 Å². The van der Waals surface area contributed by atoms with E-state index in [2.05, 4.69) is 5.32 Å². The SMILES string of the molecule is Cc1cc([N+](=O)[O-])ccc1NCc1cccc(O)c1. The van der Waals surface area contributed by atoms with Crippen LogP contribution in [0, 0.1) is 17.0 Å². The van der Waals surface area contributed by atoms with Gasteiger partial charge in [0.1, 0.15) is 5.75 Å². The summed E-state index contributed by atoms with van der Waals surface area (Å²) in [6.07, 6.45) is 0. The van der Waals surface area contributed by atoms with Crippen molar-refractivity contribution in [1.29, 1.82) is 0 Å². The first-order valence-electron chi connectivity index (χ1n) is 5.83. The lowest BCUT2D eigenvalue weighted by Crippen LogP contribution is -2.01. The number of rotatable bonds is 4. The summed E-state index contributed by atoms with van der Waals surface area (Å²) in [4.78, 5) is 10.2. The molecule has 5 nitrogen and oxygen atoms in total. The summed E-state index contributed by atoms with van der Waals surface area (Å²) >= 11 is 0. The Kier molecular flexibility index (Phi) is 3.66. The highest BCUT2D eigenvalue weighted by atomic mass is 16.6. The third-order valence-electron chi connectivity index (χ3n) is 2.81. The van der Waals surface area contributed by atoms with Crippen LogP contribution in [-0.4, -0.2) is 10.0 Å². The fourth-order valence-electron chi connectivity index (χ4n) is 1.82. The monoisotopic (exact) mass is 258 g/mol. The van der Waals surface area contributed by atoms with Gasteiger partial charge < -0.3 is 10.4 Å². The molecule has 19 heavy (non-hydrogen) atoms. The van der Waals surface area contributed by atoms with E-state index in [9.17, 15) is 15.2 Å². The van der Waals surface area contributed by atoms with Crippen LogP contribution in [0.25, 0.3) is 0 Å². The van der Waals surface area contributed by atoms with Crippen LogP contribution in [0.4, 0.5) is 11.4 Å². The van der Waals surface area contributed by atoms with Crippen LogP contribution in [0.5, 0.6) is 5.75 Å². The summed E-state index contributed by atoms with van der Waals surface area (Å²) in [5.41, 5.74) is 2.68. The van der Waals surface area contributed by atoms with E-state index >= 15 is 0 Å². The molecule has 0 saturated carbocycles. The number of nitrogens with one attached hydrogen (secondary N) is 1. The molecule has 0 heterocycles. The zero-order valence-electron chi connectivity index (χ0n) is 10.5. The first-order chi connectivity index (χ1) is 9.06. The van der Waals surface area contributed by atoms with Crippen molar-refractivity contribution in [2.24, 2.45) is 0 Å². The third kappa shape index (κ3) is 3.22. The fraction of sp³-hybridized carbons (Fsp3) is 0.143. The number of anilines is 1. The van der Waals surface area contributed by atoms with Gasteiger partial charge in [0.15, 0.2) is 0 Å². The van der Waals surface area contributed by atoms with E-state index in [1.807, 2.05) is 13.0 Å². The van der Waals surface area contributed by atoms with Crippen molar-refractivity contribution in [3.63, 3.8) is 0 Å². The standard InChI is InChI=1S/C14H14N2O3/c1-10-7-12(16(18)19)5-6-14(10)15-9-11-3-2-4-13(17)8-11/h2-8,15,17H,9H2,1H3. The van der Waals surface area contributed by atoms with E-state index in [-0.39, 0.29) is 11.4 Å². The summed E-state index contributed by atoms with van der Waals surface area (Å²) in [6, 6.07) is 11.6. The Labute approximate surface area is 110 Å². The minimum Gasteiger partial charge on any atom is -0.508 e. The topological polar surface area (TPSA) is 75.4 Å². The van der Waals surface area contributed by atoms with Crippen LogP contribution >= 0.6 is 0 Å². The van der Waals surface area contributed by atoms with Gasteiger partial charge in [-0.1, -0.05) is 12.1 Å². The van der Waals surface area contributed by atoms with E-state index in [1.54, 1.807) is 24.3 Å². The van der Waals surface area contributed by atoms with Gasteiger partial charge in [0, 0.05) is 24.4 Å². The maximum atomic E-state index is 10.6. The number of aromatic hydroxyl groups is 1. The molecule has 2 aromatic carbocycles. The van der Waals surface area contributed by atoms with E-state index in [0.29, 0.717) is 6.54 Å². The second-order valence-corrected chi connectivity index (χ2v) is 4.28. The van der Waals surface area contributed by atoms with Crippen LogP contribution in [-0.2, 0) is 6.54 Å². The average molecular weight is 258 g/mol. The van der Waals surface area contributed by atoms with E-state index in [1.165, 1.54) is 12.1 Å². The molecule has 0 bridgehead atoms. The second-order valence-electron chi connectivity index (χ2n) is 4.28. The smallest absolute Gasteiger partial charge is 0.269 e. The molecule has 0 radical (unpaired) electrons. The molecule has 0 fully saturated rings. The molecule has 0 atom stereocenters. The van der Waals surface area contributed by atoms with Gasteiger partial charge in [-0.05, 0) is 36.2 Å². The minimum absolute atomic E-state index is 0.0837. The molecule has 0 aromatic heterocycles. The molecule has 0 saturated heterocycles. The maximum Gasteiger partial charge on any atom is 0.269 e. The van der Waals surface area contributed by atoms with Crippen molar-refractivity contribution in [3.8, 4) is 5.75 Å². The van der Waals surface area contributed by atoms with Gasteiger partial charge in [-0.2, -0.15) is 0 Å². The quantitative estimate of drug-likeness (QED) is 0.652. The van der Waals surface area contributed by atoms with Crippen molar-refractivity contribution < 1.29 is 10.0 Å². The summed E-state index contributed by atoms with van der Waals surface area (Å²) in [7, 11) is 0. The Bertz CT molecular complexity index is 611. The second kappa shape index (κ2) is 5.39. The summed E-state index contributed by atoms with van der Waals surface area (Å²) in [5, 5.41) is 23.2. The first kappa shape index (κ1) is 12.9. The lowest BCUT2D eigenvalue weighted by atomic mass is 10.1. The van der Waals surface area contributed by atoms with Crippen molar-refractivity contribution in [2.75, 3.05) is 5.32 Å². The van der Waals surface area contributed by atoms with Crippen molar-refractivity contribution in [2.45, 2.75) is 13.5 Å². The van der Waals surface area contributed by atoms with E-state index < -0.39 is 4.92 Å². The number of benzene rings is 2. The van der Waals surface area contributed by atoms with Crippen molar-refractivity contribution in [3.05, 3.63) is 63.7 Å². The number of nitro groups is 1. The molecule has 0 spiro atoms. The zero-order valence-corrected chi connectivity index (χ0v) is 10.5. The van der Waals surface area contributed by atoms with Gasteiger partial charge in [0.25, 0.3) is 5.69 Å². The summed E-state index contributed by atoms with van der Waals surface area (Å²) in [6.45, 7) is 2.37. The number of nitrogens with zero attached hydrogens (tertiary/aromatic N) is 1. The number of phenols is 1. The predicted octanol–water partition coefficient (Wildman–Crippen LogP) is 3.22. The van der Waals surface area contributed by atoms with Gasteiger partial charge in [0.2, 0.25) is 0 Å². The number of nitro benzene ring substituents is 1. The average Bonchev–Trinajstić information content (AvgIpc) is 2.37. The molecular formula is C14H14N2O3. The molecule has 5 heteroatoms. The highest BCUT2D eigenvalue weighted by molar-refractivity contribution is 5.55. The minimum atomic E-state index is -0.411. The Balaban J connectivity index is 2.10. The van der Waals surface area contributed by atoms with Gasteiger partial charge in [-0.3, -0.25) is 10.1 Å². The fourth-order valence-corrected chi connectivity index (χ4v) is 1.82. The number of non-ortho nitro benzene ring substituents is 1. The van der Waals surface area contributed by atoms with Crippen molar-refractivity contribution in [1.82, 2.24) is 0 Å². The molecule has 0 aliphatic carbocycles. The molecule has 2 rings (SSSR count). The largest absolute Gasteiger partial charge is 0.508 e. The van der Waals surface area contributed by atoms with Crippen LogP contribution in [0.1, 0.15) is 11.1 Å². The Morgan fingerprint density at radius 3 is 2.68 bits per heavy atom. The van der Waals surface area contributed by atoms with Gasteiger partial charge in [-0.25, -0.2) is 0 Å². The summed E-state index contributed by atoms with van der Waals surface area (Å²) < 4.78 is 0. The van der Waals surface area contributed by atoms with E-state index in [0.717, 1.165) is 16.8 Å². The Hall–Kier alpha value is -2.56. The zero-order chi connectivity index (χ0) is 13.8. The number of phenolic OH excluding ortho intramolecular Hbond substituents is 1. The summed E-state index contributed by atoms with van der Waals surface area (Å²) in [5.74, 6) is 0.222.